The van der Waals surface area contributed by atoms with Crippen molar-refractivity contribution in [1.29, 1.82) is 0 Å². The molecule has 0 saturated heterocycles. The molecule has 33 heavy (non-hydrogen) atoms. The normalized spacial score (nSPS) is 20.5. The van der Waals surface area contributed by atoms with E-state index in [2.05, 4.69) is 27.7 Å². The second kappa shape index (κ2) is 18.3. The van der Waals surface area contributed by atoms with E-state index < -0.39 is 5.97 Å². The van der Waals surface area contributed by atoms with Crippen molar-refractivity contribution in [3.05, 3.63) is 0 Å². The topological polar surface area (TPSA) is 63.6 Å². The summed E-state index contributed by atoms with van der Waals surface area (Å²) < 4.78 is 6.14. The van der Waals surface area contributed by atoms with Crippen LogP contribution in [-0.2, 0) is 14.3 Å². The number of esters is 1. The number of unbranched alkanes of at least 4 members (excludes halogenated alkanes) is 8. The molecule has 1 saturated carbocycles. The van der Waals surface area contributed by atoms with Gasteiger partial charge in [0.1, 0.15) is 6.10 Å². The minimum atomic E-state index is -0.721. The molecular formula is C29H54O4. The summed E-state index contributed by atoms with van der Waals surface area (Å²) >= 11 is 0. The molecule has 1 aliphatic carbocycles. The highest BCUT2D eigenvalue weighted by atomic mass is 16.5. The maximum absolute atomic E-state index is 12.9. The van der Waals surface area contributed by atoms with E-state index in [1.54, 1.807) is 0 Å². The summed E-state index contributed by atoms with van der Waals surface area (Å²) in [7, 11) is 0. The molecule has 0 aromatic carbocycles. The molecule has 0 aromatic heterocycles. The van der Waals surface area contributed by atoms with Crippen molar-refractivity contribution in [3.63, 3.8) is 0 Å². The summed E-state index contributed by atoms with van der Waals surface area (Å²) in [6.45, 7) is 9.05. The van der Waals surface area contributed by atoms with Crippen LogP contribution in [0.25, 0.3) is 0 Å². The largest absolute Gasteiger partial charge is 0.481 e. The van der Waals surface area contributed by atoms with Gasteiger partial charge in [0.2, 0.25) is 0 Å². The van der Waals surface area contributed by atoms with Crippen molar-refractivity contribution in [1.82, 2.24) is 0 Å². The third kappa shape index (κ3) is 13.4. The molecule has 4 nitrogen and oxygen atoms in total. The highest BCUT2D eigenvalue weighted by molar-refractivity contribution is 5.74. The average Bonchev–Trinajstić information content (AvgIpc) is 2.80. The Labute approximate surface area is 204 Å². The molecular weight excluding hydrogens is 412 g/mol. The van der Waals surface area contributed by atoms with Crippen molar-refractivity contribution in [3.8, 4) is 0 Å². The minimum Gasteiger partial charge on any atom is -0.481 e. The molecule has 0 aliphatic heterocycles. The molecule has 1 fully saturated rings. The number of aliphatic carboxylic acids is 1. The van der Waals surface area contributed by atoms with Gasteiger partial charge in [0.25, 0.3) is 0 Å². The van der Waals surface area contributed by atoms with Crippen LogP contribution in [0.1, 0.15) is 143 Å². The van der Waals surface area contributed by atoms with Crippen LogP contribution in [0.15, 0.2) is 0 Å². The van der Waals surface area contributed by atoms with Crippen LogP contribution in [0.2, 0.25) is 0 Å². The van der Waals surface area contributed by atoms with Gasteiger partial charge >= 0.3 is 11.9 Å². The standard InChI is InChI=1S/C29H54O4/c1-5-7-17-24(6-2)27(18-15-13-11-9-8-10-12-14-16-23(3)4)33-29(32)26-21-19-25(20-22-26)28(30)31/h23-27H,5-22H2,1-4H3,(H,30,31). The Morgan fingerprint density at radius 1 is 0.758 bits per heavy atom. The molecule has 1 rings (SSSR count). The lowest BCUT2D eigenvalue weighted by Gasteiger charge is -2.30. The lowest BCUT2D eigenvalue weighted by Crippen LogP contribution is -2.32. The van der Waals surface area contributed by atoms with Crippen molar-refractivity contribution >= 4 is 11.9 Å². The number of carbonyl (C=O) groups is 2. The maximum atomic E-state index is 12.9. The van der Waals surface area contributed by atoms with E-state index in [9.17, 15) is 14.7 Å². The Bertz CT molecular complexity index is 508. The van der Waals surface area contributed by atoms with E-state index >= 15 is 0 Å². The number of ether oxygens (including phenoxy) is 1. The predicted molar refractivity (Wildman–Crippen MR) is 137 cm³/mol. The average molecular weight is 467 g/mol. The van der Waals surface area contributed by atoms with Crippen LogP contribution in [0.4, 0.5) is 0 Å². The van der Waals surface area contributed by atoms with Crippen molar-refractivity contribution in [2.45, 2.75) is 149 Å². The lowest BCUT2D eigenvalue weighted by atomic mass is 9.82. The molecule has 0 spiro atoms. The maximum Gasteiger partial charge on any atom is 0.309 e. The smallest absolute Gasteiger partial charge is 0.309 e. The van der Waals surface area contributed by atoms with Crippen LogP contribution in [0.5, 0.6) is 0 Å². The number of carboxylic acids is 1. The summed E-state index contributed by atoms with van der Waals surface area (Å²) in [5.41, 5.74) is 0. The molecule has 1 N–H and O–H groups in total. The van der Waals surface area contributed by atoms with E-state index in [0.717, 1.165) is 31.6 Å². The minimum absolute atomic E-state index is 0.0299. The van der Waals surface area contributed by atoms with Crippen LogP contribution in [0.3, 0.4) is 0 Å². The SMILES string of the molecule is CCCCC(CC)C(CCCCCCCCCCC(C)C)OC(=O)C1CCC(C(=O)O)CC1. The second-order valence-corrected chi connectivity index (χ2v) is 11.0. The number of rotatable bonds is 19. The highest BCUT2D eigenvalue weighted by Gasteiger charge is 2.33. The molecule has 0 radical (unpaired) electrons. The van der Waals surface area contributed by atoms with Gasteiger partial charge in [0.05, 0.1) is 11.8 Å². The molecule has 0 aromatic rings. The molecule has 2 unspecified atom stereocenters. The van der Waals surface area contributed by atoms with Gasteiger partial charge < -0.3 is 9.84 Å². The Hall–Kier alpha value is -1.06. The number of hydrogen-bond donors (Lipinski definition) is 1. The van der Waals surface area contributed by atoms with E-state index in [1.165, 1.54) is 64.2 Å². The Morgan fingerprint density at radius 3 is 1.76 bits per heavy atom. The predicted octanol–water partition coefficient (Wildman–Crippen LogP) is 8.56. The van der Waals surface area contributed by atoms with Crippen molar-refractivity contribution in [2.24, 2.45) is 23.7 Å². The van der Waals surface area contributed by atoms with Crippen LogP contribution in [-0.4, -0.2) is 23.1 Å². The first-order chi connectivity index (χ1) is 15.9. The molecule has 0 amide bonds. The van der Waals surface area contributed by atoms with Crippen molar-refractivity contribution in [2.75, 3.05) is 0 Å². The van der Waals surface area contributed by atoms with E-state index in [1.807, 2.05) is 0 Å². The third-order valence-corrected chi connectivity index (χ3v) is 7.68. The van der Waals surface area contributed by atoms with E-state index in [-0.39, 0.29) is 23.9 Å². The van der Waals surface area contributed by atoms with Gasteiger partial charge in [-0.15, -0.1) is 0 Å². The van der Waals surface area contributed by atoms with Gasteiger partial charge in [-0.2, -0.15) is 0 Å². The Morgan fingerprint density at radius 2 is 1.27 bits per heavy atom. The molecule has 0 heterocycles. The van der Waals surface area contributed by atoms with Gasteiger partial charge in [-0.25, -0.2) is 0 Å². The van der Waals surface area contributed by atoms with Gasteiger partial charge in [-0.1, -0.05) is 91.9 Å². The van der Waals surface area contributed by atoms with E-state index in [4.69, 9.17) is 4.74 Å². The van der Waals surface area contributed by atoms with Crippen LogP contribution < -0.4 is 0 Å². The lowest BCUT2D eigenvalue weighted by molar-refractivity contribution is -0.160. The highest BCUT2D eigenvalue weighted by Crippen LogP contribution is 2.32. The molecule has 4 heteroatoms. The Balaban J connectivity index is 2.39. The zero-order chi connectivity index (χ0) is 24.5. The Kier molecular flexibility index (Phi) is 16.6. The van der Waals surface area contributed by atoms with Gasteiger partial charge in [0.15, 0.2) is 0 Å². The third-order valence-electron chi connectivity index (χ3n) is 7.68. The summed E-state index contributed by atoms with van der Waals surface area (Å²) in [5.74, 6) is 0.0952. The monoisotopic (exact) mass is 466 g/mol. The van der Waals surface area contributed by atoms with Crippen LogP contribution >= 0.6 is 0 Å². The zero-order valence-corrected chi connectivity index (χ0v) is 22.3. The number of carboxylic acid groups (broad SMARTS) is 1. The van der Waals surface area contributed by atoms with E-state index in [0.29, 0.717) is 31.6 Å². The summed E-state index contributed by atoms with van der Waals surface area (Å²) in [6, 6.07) is 0. The molecule has 1 aliphatic rings. The number of carbonyl (C=O) groups excluding carboxylic acids is 1. The summed E-state index contributed by atoms with van der Waals surface area (Å²) in [4.78, 5) is 24.1. The fraction of sp³-hybridized carbons (Fsp3) is 0.931. The molecule has 2 atom stereocenters. The van der Waals surface area contributed by atoms with Gasteiger partial charge in [-0.05, 0) is 63.2 Å². The first-order valence-corrected chi connectivity index (χ1v) is 14.3. The second-order valence-electron chi connectivity index (χ2n) is 11.0. The summed E-state index contributed by atoms with van der Waals surface area (Å²) in [5, 5.41) is 9.21. The van der Waals surface area contributed by atoms with Gasteiger partial charge in [0, 0.05) is 0 Å². The fourth-order valence-electron chi connectivity index (χ4n) is 5.29. The fourth-order valence-corrected chi connectivity index (χ4v) is 5.29. The quantitative estimate of drug-likeness (QED) is 0.153. The zero-order valence-electron chi connectivity index (χ0n) is 22.3. The first kappa shape index (κ1) is 30.0. The first-order valence-electron chi connectivity index (χ1n) is 14.3. The van der Waals surface area contributed by atoms with Crippen LogP contribution in [0, 0.1) is 23.7 Å². The molecule has 0 bridgehead atoms. The summed E-state index contributed by atoms with van der Waals surface area (Å²) in [6.07, 6.45) is 19.9. The van der Waals surface area contributed by atoms with Gasteiger partial charge in [-0.3, -0.25) is 9.59 Å². The van der Waals surface area contributed by atoms with Crippen molar-refractivity contribution < 1.29 is 19.4 Å². The molecule has 194 valence electrons. The number of hydrogen-bond acceptors (Lipinski definition) is 3.